The van der Waals surface area contributed by atoms with Crippen molar-refractivity contribution in [2.45, 2.75) is 11.7 Å². The van der Waals surface area contributed by atoms with Crippen molar-refractivity contribution in [1.29, 1.82) is 0 Å². The summed E-state index contributed by atoms with van der Waals surface area (Å²) >= 11 is 11.9. The third kappa shape index (κ3) is 3.44. The molecule has 94 valence electrons. The lowest BCUT2D eigenvalue weighted by molar-refractivity contribution is -0.122. The summed E-state index contributed by atoms with van der Waals surface area (Å²) in [5.74, 6) is -0.458. The van der Waals surface area contributed by atoms with Crippen LogP contribution in [0.25, 0.3) is 0 Å². The highest BCUT2D eigenvalue weighted by Gasteiger charge is 2.30. The standard InChI is InChI=1S/C11H9ClN2O2S2/c12-6-2-1-3-7(4-6)13-9(15)5-8-10(16)14-11(17)18-8/h1-4,8H,5H2,(H,13,15)(H,14,16,17)/t8-/m1/s1. The largest absolute Gasteiger partial charge is 0.326 e. The van der Waals surface area contributed by atoms with Gasteiger partial charge in [0.25, 0.3) is 0 Å². The highest BCUT2D eigenvalue weighted by molar-refractivity contribution is 8.24. The molecule has 0 aliphatic carbocycles. The van der Waals surface area contributed by atoms with Gasteiger partial charge in [0.2, 0.25) is 11.8 Å². The van der Waals surface area contributed by atoms with E-state index >= 15 is 0 Å². The van der Waals surface area contributed by atoms with Crippen LogP contribution in [0.3, 0.4) is 0 Å². The lowest BCUT2D eigenvalue weighted by Crippen LogP contribution is -2.27. The van der Waals surface area contributed by atoms with Crippen LogP contribution in [-0.2, 0) is 9.59 Å². The van der Waals surface area contributed by atoms with Crippen molar-refractivity contribution < 1.29 is 9.59 Å². The number of hydrogen-bond acceptors (Lipinski definition) is 4. The van der Waals surface area contributed by atoms with Crippen molar-refractivity contribution in [2.75, 3.05) is 5.32 Å². The lowest BCUT2D eigenvalue weighted by Gasteiger charge is -2.07. The number of hydrogen-bond donors (Lipinski definition) is 2. The molecule has 1 aromatic rings. The minimum atomic E-state index is -0.448. The van der Waals surface area contributed by atoms with E-state index in [1.54, 1.807) is 24.3 Å². The number of anilines is 1. The van der Waals surface area contributed by atoms with Gasteiger partial charge in [-0.1, -0.05) is 41.6 Å². The van der Waals surface area contributed by atoms with E-state index in [2.05, 4.69) is 10.6 Å². The number of thioether (sulfide) groups is 1. The second-order valence-corrected chi connectivity index (χ2v) is 5.96. The Kier molecular flexibility index (Phi) is 4.21. The molecule has 1 aliphatic heterocycles. The van der Waals surface area contributed by atoms with E-state index in [-0.39, 0.29) is 18.2 Å². The Labute approximate surface area is 118 Å². The first-order chi connectivity index (χ1) is 8.54. The molecule has 1 heterocycles. The summed E-state index contributed by atoms with van der Waals surface area (Å²) < 4.78 is 0.417. The predicted octanol–water partition coefficient (Wildman–Crippen LogP) is 2.19. The van der Waals surface area contributed by atoms with Crippen LogP contribution in [0.2, 0.25) is 5.02 Å². The van der Waals surface area contributed by atoms with Crippen LogP contribution in [0.1, 0.15) is 6.42 Å². The average Bonchev–Trinajstić information content (AvgIpc) is 2.57. The van der Waals surface area contributed by atoms with Crippen molar-refractivity contribution in [2.24, 2.45) is 0 Å². The highest BCUT2D eigenvalue weighted by Crippen LogP contribution is 2.23. The van der Waals surface area contributed by atoms with E-state index < -0.39 is 5.25 Å². The van der Waals surface area contributed by atoms with Crippen molar-refractivity contribution >= 4 is 57.4 Å². The zero-order valence-electron chi connectivity index (χ0n) is 9.10. The van der Waals surface area contributed by atoms with E-state index in [1.165, 1.54) is 11.8 Å². The SMILES string of the molecule is O=C(C[C@H]1SC(=S)NC1=O)Nc1cccc(Cl)c1. The third-order valence-corrected chi connectivity index (χ3v) is 3.85. The smallest absolute Gasteiger partial charge is 0.239 e. The van der Waals surface area contributed by atoms with Crippen molar-refractivity contribution in [3.8, 4) is 0 Å². The Balaban J connectivity index is 1.93. The summed E-state index contributed by atoms with van der Waals surface area (Å²) in [5.41, 5.74) is 0.610. The molecule has 2 rings (SSSR count). The Morgan fingerprint density at radius 3 is 2.94 bits per heavy atom. The topological polar surface area (TPSA) is 58.2 Å². The van der Waals surface area contributed by atoms with Crippen LogP contribution in [0, 0.1) is 0 Å². The number of nitrogens with one attached hydrogen (secondary N) is 2. The minimum absolute atomic E-state index is 0.0865. The molecule has 1 aromatic carbocycles. The fraction of sp³-hybridized carbons (Fsp3) is 0.182. The van der Waals surface area contributed by atoms with Gasteiger partial charge in [0.15, 0.2) is 0 Å². The quantitative estimate of drug-likeness (QED) is 0.840. The number of carbonyl (C=O) groups is 2. The van der Waals surface area contributed by atoms with Crippen LogP contribution in [0.15, 0.2) is 24.3 Å². The van der Waals surface area contributed by atoms with Gasteiger partial charge >= 0.3 is 0 Å². The van der Waals surface area contributed by atoms with Crippen LogP contribution in [0.4, 0.5) is 5.69 Å². The zero-order valence-corrected chi connectivity index (χ0v) is 11.5. The molecule has 0 aromatic heterocycles. The fourth-order valence-corrected chi connectivity index (χ4v) is 2.93. The third-order valence-electron chi connectivity index (χ3n) is 2.25. The maximum atomic E-state index is 11.7. The molecule has 0 saturated carbocycles. The molecule has 2 N–H and O–H groups in total. The van der Waals surface area contributed by atoms with Crippen molar-refractivity contribution in [3.05, 3.63) is 29.3 Å². The first kappa shape index (κ1) is 13.3. The second-order valence-electron chi connectivity index (χ2n) is 3.65. The van der Waals surface area contributed by atoms with Gasteiger partial charge in [-0.3, -0.25) is 9.59 Å². The van der Waals surface area contributed by atoms with E-state index in [9.17, 15) is 9.59 Å². The van der Waals surface area contributed by atoms with Crippen molar-refractivity contribution in [1.82, 2.24) is 5.32 Å². The Bertz CT molecular complexity index is 522. The summed E-state index contributed by atoms with van der Waals surface area (Å²) in [6, 6.07) is 6.84. The maximum Gasteiger partial charge on any atom is 0.239 e. The van der Waals surface area contributed by atoms with Gasteiger partial charge < -0.3 is 10.6 Å². The fourth-order valence-electron chi connectivity index (χ4n) is 1.47. The molecule has 1 aliphatic rings. The molecule has 18 heavy (non-hydrogen) atoms. The van der Waals surface area contributed by atoms with Gasteiger partial charge in [-0.25, -0.2) is 0 Å². The molecule has 7 heteroatoms. The molecule has 0 unspecified atom stereocenters. The van der Waals surface area contributed by atoms with Crippen LogP contribution in [-0.4, -0.2) is 21.4 Å². The average molecular weight is 301 g/mol. The van der Waals surface area contributed by atoms with Crippen molar-refractivity contribution in [3.63, 3.8) is 0 Å². The van der Waals surface area contributed by atoms with Gasteiger partial charge in [-0.05, 0) is 18.2 Å². The summed E-state index contributed by atoms with van der Waals surface area (Å²) in [6.07, 6.45) is 0.0865. The van der Waals surface area contributed by atoms with Crippen LogP contribution >= 0.6 is 35.6 Å². The highest BCUT2D eigenvalue weighted by atomic mass is 35.5. The monoisotopic (exact) mass is 300 g/mol. The number of thiocarbonyl (C=S) groups is 1. The minimum Gasteiger partial charge on any atom is -0.326 e. The molecule has 2 amide bonds. The predicted molar refractivity (Wildman–Crippen MR) is 76.8 cm³/mol. The normalized spacial score (nSPS) is 18.6. The Hall–Kier alpha value is -1.11. The Morgan fingerprint density at radius 1 is 1.56 bits per heavy atom. The number of amides is 2. The molecule has 0 radical (unpaired) electrons. The van der Waals surface area contributed by atoms with Gasteiger partial charge in [0.1, 0.15) is 4.32 Å². The summed E-state index contributed by atoms with van der Waals surface area (Å²) in [4.78, 5) is 23.1. The first-order valence-electron chi connectivity index (χ1n) is 5.11. The van der Waals surface area contributed by atoms with Crippen LogP contribution < -0.4 is 10.6 Å². The molecule has 1 atom stereocenters. The zero-order chi connectivity index (χ0) is 13.1. The maximum absolute atomic E-state index is 11.7. The summed E-state index contributed by atoms with van der Waals surface area (Å²) in [7, 11) is 0. The van der Waals surface area contributed by atoms with Gasteiger partial charge in [0.05, 0.1) is 5.25 Å². The molecule has 1 saturated heterocycles. The van der Waals surface area contributed by atoms with Gasteiger partial charge in [-0.15, -0.1) is 0 Å². The van der Waals surface area contributed by atoms with E-state index in [1.807, 2.05) is 0 Å². The van der Waals surface area contributed by atoms with Gasteiger partial charge in [-0.2, -0.15) is 0 Å². The van der Waals surface area contributed by atoms with E-state index in [4.69, 9.17) is 23.8 Å². The number of rotatable bonds is 3. The molecule has 4 nitrogen and oxygen atoms in total. The van der Waals surface area contributed by atoms with E-state index in [0.717, 1.165) is 0 Å². The van der Waals surface area contributed by atoms with Crippen LogP contribution in [0.5, 0.6) is 0 Å². The molecular weight excluding hydrogens is 292 g/mol. The molecular formula is C11H9ClN2O2S2. The van der Waals surface area contributed by atoms with Gasteiger partial charge in [0, 0.05) is 17.1 Å². The number of benzene rings is 1. The summed E-state index contributed by atoms with van der Waals surface area (Å²) in [6.45, 7) is 0. The first-order valence-corrected chi connectivity index (χ1v) is 6.78. The number of carbonyl (C=O) groups excluding carboxylic acids is 2. The number of halogens is 1. The summed E-state index contributed by atoms with van der Waals surface area (Å²) in [5, 5.41) is 5.28. The molecule has 0 spiro atoms. The Morgan fingerprint density at radius 2 is 2.33 bits per heavy atom. The molecule has 0 bridgehead atoms. The second kappa shape index (κ2) is 5.69. The molecule has 1 fully saturated rings. The lowest BCUT2D eigenvalue weighted by atomic mass is 10.2. The van der Waals surface area contributed by atoms with E-state index in [0.29, 0.717) is 15.0 Å².